The summed E-state index contributed by atoms with van der Waals surface area (Å²) in [6, 6.07) is 6.39. The maximum atomic E-state index is 10.9. The molecule has 25 heavy (non-hydrogen) atoms. The van der Waals surface area contributed by atoms with Gasteiger partial charge in [0, 0.05) is 0 Å². The van der Waals surface area contributed by atoms with E-state index >= 15 is 0 Å². The van der Waals surface area contributed by atoms with Gasteiger partial charge in [0.05, 0.1) is 5.69 Å². The molecule has 1 rings (SSSR count). The van der Waals surface area contributed by atoms with Gasteiger partial charge in [-0.2, -0.15) is 4.99 Å². The van der Waals surface area contributed by atoms with Crippen LogP contribution >= 0.6 is 0 Å². The molecule has 2 nitrogen and oxygen atoms in total. The van der Waals surface area contributed by atoms with Crippen LogP contribution in [0.2, 0.25) is 0 Å². The van der Waals surface area contributed by atoms with Crippen LogP contribution in [0.25, 0.3) is 0 Å². The highest BCUT2D eigenvalue weighted by Gasteiger charge is 2.08. The van der Waals surface area contributed by atoms with Gasteiger partial charge in [0.2, 0.25) is 6.08 Å². The van der Waals surface area contributed by atoms with Crippen molar-refractivity contribution in [1.29, 1.82) is 0 Å². The molecule has 0 aromatic heterocycles. The molecule has 0 aliphatic rings. The summed E-state index contributed by atoms with van der Waals surface area (Å²) in [5, 5.41) is 0. The van der Waals surface area contributed by atoms with E-state index in [9.17, 15) is 4.79 Å². The van der Waals surface area contributed by atoms with E-state index in [1.165, 1.54) is 88.2 Å². The zero-order valence-corrected chi connectivity index (χ0v) is 16.5. The van der Waals surface area contributed by atoms with E-state index in [2.05, 4.69) is 37.0 Å². The van der Waals surface area contributed by atoms with Crippen LogP contribution in [0.3, 0.4) is 0 Å². The molecular weight excluding hydrogens is 306 g/mol. The lowest BCUT2D eigenvalue weighted by molar-refractivity contribution is 0.565. The number of unbranched alkanes of at least 4 members (excludes halogenated alkanes) is 10. The standard InChI is InChI=1S/C23H37NO/c1-3-5-7-9-11-13-16-21-18-15-19-22(23(21)24-20-25)17-14-12-10-8-6-4-2/h15,18-19H,3-14,16-17H2,1-2H3. The molecule has 0 amide bonds. The Labute approximate surface area is 155 Å². The first-order valence-electron chi connectivity index (χ1n) is 10.5. The Hall–Kier alpha value is -1.40. The second kappa shape index (κ2) is 14.9. The first kappa shape index (κ1) is 21.6. The molecule has 1 aromatic rings. The van der Waals surface area contributed by atoms with Crippen molar-refractivity contribution in [3.05, 3.63) is 29.3 Å². The third-order valence-corrected chi connectivity index (χ3v) is 4.96. The molecule has 140 valence electrons. The Balaban J connectivity index is 2.50. The van der Waals surface area contributed by atoms with Crippen LogP contribution in [0.5, 0.6) is 0 Å². The van der Waals surface area contributed by atoms with Crippen molar-refractivity contribution in [1.82, 2.24) is 0 Å². The predicted octanol–water partition coefficient (Wildman–Crippen LogP) is 7.46. The number of hydrogen-bond donors (Lipinski definition) is 0. The predicted molar refractivity (Wildman–Crippen MR) is 108 cm³/mol. The molecule has 0 N–H and O–H groups in total. The maximum Gasteiger partial charge on any atom is 0.240 e. The molecule has 0 saturated carbocycles. The minimum atomic E-state index is 0.902. The third kappa shape index (κ3) is 9.60. The van der Waals surface area contributed by atoms with Gasteiger partial charge in [-0.25, -0.2) is 4.79 Å². The Morgan fingerprint density at radius 2 is 1.16 bits per heavy atom. The van der Waals surface area contributed by atoms with Crippen LogP contribution in [0.4, 0.5) is 5.69 Å². The van der Waals surface area contributed by atoms with Crippen molar-refractivity contribution >= 4 is 11.8 Å². The topological polar surface area (TPSA) is 29.4 Å². The first-order chi connectivity index (χ1) is 12.3. The number of aryl methyl sites for hydroxylation is 2. The highest BCUT2D eigenvalue weighted by atomic mass is 16.1. The van der Waals surface area contributed by atoms with E-state index in [0.717, 1.165) is 18.5 Å². The number of nitrogens with zero attached hydrogens (tertiary/aromatic N) is 1. The van der Waals surface area contributed by atoms with E-state index < -0.39 is 0 Å². The summed E-state index contributed by atoms with van der Waals surface area (Å²) in [6.07, 6.45) is 19.3. The molecule has 0 fully saturated rings. The Morgan fingerprint density at radius 3 is 1.60 bits per heavy atom. The Kier molecular flexibility index (Phi) is 12.9. The van der Waals surface area contributed by atoms with Gasteiger partial charge in [0.25, 0.3) is 0 Å². The molecule has 2 heteroatoms. The molecule has 0 aliphatic carbocycles. The monoisotopic (exact) mass is 343 g/mol. The van der Waals surface area contributed by atoms with E-state index in [0.29, 0.717) is 0 Å². The van der Waals surface area contributed by atoms with Crippen molar-refractivity contribution < 1.29 is 4.79 Å². The van der Waals surface area contributed by atoms with Crippen LogP contribution in [-0.4, -0.2) is 6.08 Å². The molecule has 0 atom stereocenters. The minimum absolute atomic E-state index is 0.902. The largest absolute Gasteiger partial charge is 0.240 e. The summed E-state index contributed by atoms with van der Waals surface area (Å²) in [5.41, 5.74) is 3.35. The number of benzene rings is 1. The molecule has 0 aliphatic heterocycles. The molecule has 0 saturated heterocycles. The van der Waals surface area contributed by atoms with Crippen LogP contribution in [0.1, 0.15) is 102 Å². The molecular formula is C23H37NO. The number of rotatable bonds is 15. The molecule has 1 aromatic carbocycles. The quantitative estimate of drug-likeness (QED) is 0.184. The fourth-order valence-corrected chi connectivity index (χ4v) is 3.43. The lowest BCUT2D eigenvalue weighted by Gasteiger charge is -2.10. The normalized spacial score (nSPS) is 10.6. The van der Waals surface area contributed by atoms with Crippen LogP contribution < -0.4 is 0 Å². The third-order valence-electron chi connectivity index (χ3n) is 4.96. The van der Waals surface area contributed by atoms with Gasteiger partial charge in [-0.1, -0.05) is 96.3 Å². The first-order valence-corrected chi connectivity index (χ1v) is 10.5. The number of hydrogen-bond acceptors (Lipinski definition) is 2. The highest BCUT2D eigenvalue weighted by molar-refractivity contribution is 5.58. The summed E-state index contributed by atoms with van der Waals surface area (Å²) >= 11 is 0. The highest BCUT2D eigenvalue weighted by Crippen LogP contribution is 2.27. The summed E-state index contributed by atoms with van der Waals surface area (Å²) in [4.78, 5) is 14.9. The fraction of sp³-hybridized carbons (Fsp3) is 0.696. The summed E-state index contributed by atoms with van der Waals surface area (Å²) in [7, 11) is 0. The Morgan fingerprint density at radius 1 is 0.720 bits per heavy atom. The number of para-hydroxylation sites is 1. The van der Waals surface area contributed by atoms with Gasteiger partial charge >= 0.3 is 0 Å². The lowest BCUT2D eigenvalue weighted by atomic mass is 9.97. The van der Waals surface area contributed by atoms with Gasteiger partial charge in [0.1, 0.15) is 0 Å². The molecule has 0 spiro atoms. The fourth-order valence-electron chi connectivity index (χ4n) is 3.43. The average molecular weight is 344 g/mol. The van der Waals surface area contributed by atoms with Gasteiger partial charge in [0.15, 0.2) is 0 Å². The zero-order valence-electron chi connectivity index (χ0n) is 16.5. The van der Waals surface area contributed by atoms with Crippen molar-refractivity contribution in [2.24, 2.45) is 4.99 Å². The minimum Gasteiger partial charge on any atom is -0.211 e. The summed E-state index contributed by atoms with van der Waals surface area (Å²) in [6.45, 7) is 4.50. The van der Waals surface area contributed by atoms with Crippen molar-refractivity contribution in [3.8, 4) is 0 Å². The molecule has 0 unspecified atom stereocenters. The summed E-state index contributed by atoms with van der Waals surface area (Å²) < 4.78 is 0. The van der Waals surface area contributed by atoms with Gasteiger partial charge in [-0.05, 0) is 36.8 Å². The second-order valence-electron chi connectivity index (χ2n) is 7.16. The molecule has 0 heterocycles. The number of carbonyl (C=O) groups excluding carboxylic acids is 1. The van der Waals surface area contributed by atoms with E-state index in [1.807, 2.05) is 0 Å². The molecule has 0 bridgehead atoms. The van der Waals surface area contributed by atoms with Crippen molar-refractivity contribution in [2.45, 2.75) is 104 Å². The van der Waals surface area contributed by atoms with E-state index in [4.69, 9.17) is 0 Å². The van der Waals surface area contributed by atoms with Gasteiger partial charge < -0.3 is 0 Å². The average Bonchev–Trinajstić information content (AvgIpc) is 2.63. The summed E-state index contributed by atoms with van der Waals surface area (Å²) in [5.74, 6) is 0. The van der Waals surface area contributed by atoms with Crippen LogP contribution in [0.15, 0.2) is 23.2 Å². The number of isocyanates is 1. The molecule has 0 radical (unpaired) electrons. The van der Waals surface area contributed by atoms with E-state index in [-0.39, 0.29) is 0 Å². The van der Waals surface area contributed by atoms with E-state index in [1.54, 1.807) is 6.08 Å². The van der Waals surface area contributed by atoms with Gasteiger partial charge in [-0.3, -0.25) is 0 Å². The SMILES string of the molecule is CCCCCCCCc1cccc(CCCCCCCC)c1N=C=O. The van der Waals surface area contributed by atoms with Crippen molar-refractivity contribution in [3.63, 3.8) is 0 Å². The van der Waals surface area contributed by atoms with Crippen LogP contribution in [-0.2, 0) is 17.6 Å². The smallest absolute Gasteiger partial charge is 0.211 e. The maximum absolute atomic E-state index is 10.9. The number of aliphatic imine (C=N–C) groups is 1. The van der Waals surface area contributed by atoms with Crippen LogP contribution in [0, 0.1) is 0 Å². The lowest BCUT2D eigenvalue weighted by Crippen LogP contribution is -1.93. The Bertz CT molecular complexity index is 469. The second-order valence-corrected chi connectivity index (χ2v) is 7.16. The zero-order chi connectivity index (χ0) is 18.2. The van der Waals surface area contributed by atoms with Gasteiger partial charge in [-0.15, -0.1) is 0 Å². The van der Waals surface area contributed by atoms with Crippen molar-refractivity contribution in [2.75, 3.05) is 0 Å².